The molecule has 0 spiro atoms. The highest BCUT2D eigenvalue weighted by atomic mass is 35.5. The molecule has 0 aliphatic carbocycles. The van der Waals surface area contributed by atoms with Gasteiger partial charge in [-0.15, -0.1) is 0 Å². The van der Waals surface area contributed by atoms with E-state index in [0.29, 0.717) is 5.69 Å². The van der Waals surface area contributed by atoms with Crippen LogP contribution in [0.5, 0.6) is 0 Å². The number of amides is 1. The summed E-state index contributed by atoms with van der Waals surface area (Å²) < 4.78 is 44.5. The number of hydrogen-bond donors (Lipinski definition) is 2. The van der Waals surface area contributed by atoms with Crippen LogP contribution in [-0.4, -0.2) is 35.8 Å². The SMILES string of the molecule is CN(c1ccccc1)c1ccccc1NC(=O)C(F)Cl.O=C(O)C(F)(F)F. The van der Waals surface area contributed by atoms with Crippen molar-refractivity contribution in [3.8, 4) is 0 Å². The minimum Gasteiger partial charge on any atom is -0.475 e. The zero-order valence-corrected chi connectivity index (χ0v) is 14.6. The molecule has 1 unspecified atom stereocenters. The summed E-state index contributed by atoms with van der Waals surface area (Å²) in [6.07, 6.45) is -5.08. The van der Waals surface area contributed by atoms with Crippen LogP contribution in [-0.2, 0) is 9.59 Å². The van der Waals surface area contributed by atoms with Crippen molar-refractivity contribution in [1.29, 1.82) is 0 Å². The van der Waals surface area contributed by atoms with Crippen molar-refractivity contribution in [3.63, 3.8) is 0 Å². The normalized spacial score (nSPS) is 11.6. The van der Waals surface area contributed by atoms with Gasteiger partial charge in [0.2, 0.25) is 0 Å². The van der Waals surface area contributed by atoms with Crippen LogP contribution in [0.2, 0.25) is 0 Å². The van der Waals surface area contributed by atoms with Gasteiger partial charge in [-0.2, -0.15) is 13.2 Å². The van der Waals surface area contributed by atoms with E-state index in [4.69, 9.17) is 21.5 Å². The van der Waals surface area contributed by atoms with E-state index in [1.807, 2.05) is 54.4 Å². The predicted molar refractivity (Wildman–Crippen MR) is 94.0 cm³/mol. The van der Waals surface area contributed by atoms with E-state index < -0.39 is 23.7 Å². The number of halogens is 5. The Morgan fingerprint density at radius 2 is 1.56 bits per heavy atom. The van der Waals surface area contributed by atoms with Crippen LogP contribution in [0.4, 0.5) is 34.6 Å². The number of hydrogen-bond acceptors (Lipinski definition) is 3. The lowest BCUT2D eigenvalue weighted by molar-refractivity contribution is -0.192. The summed E-state index contributed by atoms with van der Waals surface area (Å²) in [4.78, 5) is 22.2. The highest BCUT2D eigenvalue weighted by Crippen LogP contribution is 2.30. The fraction of sp³-hybridized carbons (Fsp3) is 0.176. The van der Waals surface area contributed by atoms with E-state index in [9.17, 15) is 22.4 Å². The first kappa shape index (κ1) is 22.2. The highest BCUT2D eigenvalue weighted by molar-refractivity contribution is 6.31. The van der Waals surface area contributed by atoms with E-state index in [2.05, 4.69) is 5.32 Å². The quantitative estimate of drug-likeness (QED) is 0.577. The molecule has 2 N–H and O–H groups in total. The molecule has 0 aliphatic heterocycles. The van der Waals surface area contributed by atoms with Gasteiger partial charge >= 0.3 is 12.1 Å². The number of carbonyl (C=O) groups is 2. The number of nitrogens with zero attached hydrogens (tertiary/aromatic N) is 1. The molecule has 10 heteroatoms. The second-order valence-electron chi connectivity index (χ2n) is 5.00. The van der Waals surface area contributed by atoms with Gasteiger partial charge in [0.25, 0.3) is 11.5 Å². The first-order valence-electron chi connectivity index (χ1n) is 7.31. The smallest absolute Gasteiger partial charge is 0.475 e. The molecule has 2 rings (SSSR count). The Bertz CT molecular complexity index is 770. The largest absolute Gasteiger partial charge is 0.490 e. The molecule has 0 bridgehead atoms. The maximum absolute atomic E-state index is 12.8. The fourth-order valence-electron chi connectivity index (χ4n) is 1.85. The van der Waals surface area contributed by atoms with Crippen molar-refractivity contribution in [2.75, 3.05) is 17.3 Å². The number of rotatable bonds is 4. The molecule has 0 radical (unpaired) electrons. The Morgan fingerprint density at radius 3 is 2.04 bits per heavy atom. The Kier molecular flexibility index (Phi) is 8.04. The molecule has 1 atom stereocenters. The molecule has 5 nitrogen and oxygen atoms in total. The molecule has 0 fully saturated rings. The summed E-state index contributed by atoms with van der Waals surface area (Å²) in [7, 11) is 1.87. The number of benzene rings is 2. The summed E-state index contributed by atoms with van der Waals surface area (Å²) in [6.45, 7) is 0. The number of alkyl halides is 5. The summed E-state index contributed by atoms with van der Waals surface area (Å²) in [6, 6.07) is 16.8. The first-order valence-corrected chi connectivity index (χ1v) is 7.74. The Morgan fingerprint density at radius 1 is 1.07 bits per heavy atom. The zero-order chi connectivity index (χ0) is 20.6. The minimum absolute atomic E-state index is 0.507. The van der Waals surface area contributed by atoms with Crippen LogP contribution in [0, 0.1) is 0 Å². The topological polar surface area (TPSA) is 69.6 Å². The second kappa shape index (κ2) is 9.77. The molecule has 0 aromatic heterocycles. The van der Waals surface area contributed by atoms with Gasteiger partial charge in [-0.3, -0.25) is 4.79 Å². The number of carboxylic acid groups (broad SMARTS) is 1. The molecule has 0 saturated heterocycles. The third kappa shape index (κ3) is 7.14. The number of nitrogens with one attached hydrogen (secondary N) is 1. The van der Waals surface area contributed by atoms with Gasteiger partial charge in [-0.05, 0) is 24.3 Å². The lowest BCUT2D eigenvalue weighted by Gasteiger charge is -2.22. The third-order valence-electron chi connectivity index (χ3n) is 3.11. The monoisotopic (exact) mass is 406 g/mol. The Balaban J connectivity index is 0.000000445. The Hall–Kier alpha value is -2.81. The summed E-state index contributed by atoms with van der Waals surface area (Å²) in [5, 5.41) is 9.60. The third-order valence-corrected chi connectivity index (χ3v) is 3.31. The standard InChI is InChI=1S/C15H14ClFN2O.C2HF3O2/c1-19(11-7-3-2-4-8-11)13-10-6-5-9-12(13)18-15(20)14(16)17;3-2(4,5)1(6)7/h2-10,14H,1H3,(H,18,20);(H,6,7). The van der Waals surface area contributed by atoms with E-state index in [1.165, 1.54) is 0 Å². The van der Waals surface area contributed by atoms with Crippen molar-refractivity contribution >= 4 is 40.5 Å². The molecule has 0 aliphatic rings. The summed E-state index contributed by atoms with van der Waals surface area (Å²) in [5.74, 6) is -3.63. The van der Waals surface area contributed by atoms with Crippen LogP contribution in [0.1, 0.15) is 0 Å². The van der Waals surface area contributed by atoms with Crippen LogP contribution < -0.4 is 10.2 Å². The molecule has 0 saturated carbocycles. The van der Waals surface area contributed by atoms with E-state index in [1.54, 1.807) is 12.1 Å². The van der Waals surface area contributed by atoms with Gasteiger partial charge in [-0.25, -0.2) is 9.18 Å². The van der Waals surface area contributed by atoms with E-state index in [0.717, 1.165) is 11.4 Å². The van der Waals surface area contributed by atoms with E-state index in [-0.39, 0.29) is 0 Å². The highest BCUT2D eigenvalue weighted by Gasteiger charge is 2.38. The molecular formula is C17H15ClF4N2O3. The summed E-state index contributed by atoms with van der Waals surface area (Å²) >= 11 is 5.13. The fourth-order valence-corrected chi connectivity index (χ4v) is 1.90. The lowest BCUT2D eigenvalue weighted by atomic mass is 10.2. The minimum atomic E-state index is -5.08. The van der Waals surface area contributed by atoms with Gasteiger partial charge < -0.3 is 15.3 Å². The molecule has 0 heterocycles. The lowest BCUT2D eigenvalue weighted by Crippen LogP contribution is -2.21. The van der Waals surface area contributed by atoms with Crippen LogP contribution in [0.25, 0.3) is 0 Å². The van der Waals surface area contributed by atoms with Crippen LogP contribution in [0.3, 0.4) is 0 Å². The van der Waals surface area contributed by atoms with Crippen molar-refractivity contribution in [2.45, 2.75) is 11.8 Å². The average molecular weight is 407 g/mol. The molecule has 27 heavy (non-hydrogen) atoms. The zero-order valence-electron chi connectivity index (χ0n) is 13.9. The predicted octanol–water partition coefficient (Wildman–Crippen LogP) is 4.56. The van der Waals surface area contributed by atoms with Crippen LogP contribution in [0.15, 0.2) is 54.6 Å². The molecular weight excluding hydrogens is 392 g/mol. The average Bonchev–Trinajstić information content (AvgIpc) is 2.62. The van der Waals surface area contributed by atoms with Crippen molar-refractivity contribution in [1.82, 2.24) is 0 Å². The van der Waals surface area contributed by atoms with Crippen molar-refractivity contribution in [3.05, 3.63) is 54.6 Å². The Labute approximate surface area is 157 Å². The number of para-hydroxylation sites is 3. The number of aliphatic carboxylic acids is 1. The maximum atomic E-state index is 12.8. The molecule has 2 aromatic rings. The first-order chi connectivity index (χ1) is 12.5. The maximum Gasteiger partial charge on any atom is 0.490 e. The van der Waals surface area contributed by atoms with Gasteiger partial charge in [0.1, 0.15) is 0 Å². The van der Waals surface area contributed by atoms with Gasteiger partial charge in [-0.1, -0.05) is 41.9 Å². The van der Waals surface area contributed by atoms with Crippen LogP contribution >= 0.6 is 11.6 Å². The molecule has 146 valence electrons. The van der Waals surface area contributed by atoms with E-state index >= 15 is 0 Å². The van der Waals surface area contributed by atoms with Gasteiger partial charge in [0, 0.05) is 12.7 Å². The van der Waals surface area contributed by atoms with Crippen molar-refractivity contribution in [2.24, 2.45) is 0 Å². The number of carboxylic acids is 1. The molecule has 2 aromatic carbocycles. The summed E-state index contributed by atoms with van der Waals surface area (Å²) in [5.41, 5.74) is 0.151. The van der Waals surface area contributed by atoms with Gasteiger partial charge in [0.05, 0.1) is 11.4 Å². The molecule has 1 amide bonds. The number of anilines is 3. The van der Waals surface area contributed by atoms with Crippen molar-refractivity contribution < 1.29 is 32.3 Å². The second-order valence-corrected chi connectivity index (χ2v) is 5.39. The number of carbonyl (C=O) groups excluding carboxylic acids is 1. The van der Waals surface area contributed by atoms with Gasteiger partial charge in [0.15, 0.2) is 0 Å².